The molecule has 84 valence electrons. The highest BCUT2D eigenvalue weighted by atomic mass is 32.1. The molecule has 15 heavy (non-hydrogen) atoms. The lowest BCUT2D eigenvalue weighted by atomic mass is 10.0. The van der Waals surface area contributed by atoms with Gasteiger partial charge < -0.3 is 10.6 Å². The second-order valence-corrected chi connectivity index (χ2v) is 4.81. The molecule has 1 unspecified atom stereocenters. The maximum Gasteiger partial charge on any atom is 0.234 e. The predicted molar refractivity (Wildman–Crippen MR) is 64.0 cm³/mol. The van der Waals surface area contributed by atoms with Crippen molar-refractivity contribution in [2.45, 2.75) is 19.9 Å². The summed E-state index contributed by atoms with van der Waals surface area (Å²) in [6, 6.07) is 4.21. The summed E-state index contributed by atoms with van der Waals surface area (Å²) in [5, 5.41) is 7.91. The van der Waals surface area contributed by atoms with E-state index >= 15 is 0 Å². The predicted octanol–water partition coefficient (Wildman–Crippen LogP) is 1.78. The van der Waals surface area contributed by atoms with E-state index < -0.39 is 0 Å². The quantitative estimate of drug-likeness (QED) is 0.803. The third-order valence-corrected chi connectivity index (χ3v) is 3.13. The summed E-state index contributed by atoms with van der Waals surface area (Å²) < 4.78 is 0. The topological polar surface area (TPSA) is 41.1 Å². The minimum Gasteiger partial charge on any atom is -0.347 e. The van der Waals surface area contributed by atoms with E-state index in [9.17, 15) is 4.79 Å². The molecule has 0 aliphatic rings. The van der Waals surface area contributed by atoms with Gasteiger partial charge in [0.2, 0.25) is 5.91 Å². The maximum atomic E-state index is 11.5. The van der Waals surface area contributed by atoms with Crippen LogP contribution in [0, 0.1) is 5.92 Å². The fourth-order valence-corrected chi connectivity index (χ4v) is 2.37. The Bertz CT molecular complexity index is 296. The average molecular weight is 226 g/mol. The largest absolute Gasteiger partial charge is 0.347 e. The molecule has 0 saturated heterocycles. The molecular weight excluding hydrogens is 208 g/mol. The fraction of sp³-hybridized carbons (Fsp3) is 0.545. The molecule has 1 heterocycles. The van der Waals surface area contributed by atoms with Gasteiger partial charge in [0.25, 0.3) is 0 Å². The van der Waals surface area contributed by atoms with Crippen LogP contribution in [0.25, 0.3) is 0 Å². The SMILES string of the molecule is CNCC(=O)NC(c1cccs1)C(C)C. The molecular formula is C11H18N2OS. The van der Waals surface area contributed by atoms with Crippen molar-refractivity contribution in [2.24, 2.45) is 5.92 Å². The van der Waals surface area contributed by atoms with E-state index in [1.165, 1.54) is 4.88 Å². The molecule has 0 aromatic carbocycles. The molecule has 1 amide bonds. The van der Waals surface area contributed by atoms with Gasteiger partial charge in [0.05, 0.1) is 12.6 Å². The van der Waals surface area contributed by atoms with Crippen LogP contribution in [0.4, 0.5) is 0 Å². The lowest BCUT2D eigenvalue weighted by Crippen LogP contribution is -2.36. The van der Waals surface area contributed by atoms with Crippen molar-refractivity contribution in [3.63, 3.8) is 0 Å². The van der Waals surface area contributed by atoms with Crippen LogP contribution in [0.5, 0.6) is 0 Å². The summed E-state index contributed by atoms with van der Waals surface area (Å²) in [7, 11) is 1.77. The summed E-state index contributed by atoms with van der Waals surface area (Å²) in [6.07, 6.45) is 0. The van der Waals surface area contributed by atoms with Gasteiger partial charge >= 0.3 is 0 Å². The number of likely N-dealkylation sites (N-methyl/N-ethyl adjacent to an activating group) is 1. The van der Waals surface area contributed by atoms with E-state index in [1.807, 2.05) is 11.4 Å². The van der Waals surface area contributed by atoms with Crippen LogP contribution in [0.3, 0.4) is 0 Å². The number of carbonyl (C=O) groups is 1. The highest BCUT2D eigenvalue weighted by molar-refractivity contribution is 7.10. The van der Waals surface area contributed by atoms with Crippen LogP contribution in [-0.2, 0) is 4.79 Å². The Balaban J connectivity index is 2.64. The summed E-state index contributed by atoms with van der Waals surface area (Å²) in [4.78, 5) is 12.7. The molecule has 0 aliphatic carbocycles. The Hall–Kier alpha value is -0.870. The van der Waals surface area contributed by atoms with Crippen molar-refractivity contribution in [3.8, 4) is 0 Å². The molecule has 1 rings (SSSR count). The highest BCUT2D eigenvalue weighted by Crippen LogP contribution is 2.25. The van der Waals surface area contributed by atoms with Crippen LogP contribution in [-0.4, -0.2) is 19.5 Å². The second-order valence-electron chi connectivity index (χ2n) is 3.83. The smallest absolute Gasteiger partial charge is 0.234 e. The van der Waals surface area contributed by atoms with Crippen LogP contribution < -0.4 is 10.6 Å². The van der Waals surface area contributed by atoms with Crippen LogP contribution in [0.1, 0.15) is 24.8 Å². The van der Waals surface area contributed by atoms with Gasteiger partial charge in [-0.25, -0.2) is 0 Å². The van der Waals surface area contributed by atoms with Gasteiger partial charge in [-0.3, -0.25) is 4.79 Å². The monoisotopic (exact) mass is 226 g/mol. The van der Waals surface area contributed by atoms with E-state index in [0.717, 1.165) is 0 Å². The third-order valence-electron chi connectivity index (χ3n) is 2.17. The third kappa shape index (κ3) is 3.64. The Morgan fingerprint density at radius 2 is 2.27 bits per heavy atom. The van der Waals surface area contributed by atoms with Crippen molar-refractivity contribution < 1.29 is 4.79 Å². The summed E-state index contributed by atoms with van der Waals surface area (Å²) >= 11 is 1.68. The van der Waals surface area contributed by atoms with Gasteiger partial charge in [0, 0.05) is 4.88 Å². The van der Waals surface area contributed by atoms with E-state index in [4.69, 9.17) is 0 Å². The standard InChI is InChI=1S/C11H18N2OS/c1-8(2)11(9-5-4-6-15-9)13-10(14)7-12-3/h4-6,8,11-12H,7H2,1-3H3,(H,13,14). The number of nitrogens with one attached hydrogen (secondary N) is 2. The Labute approximate surface area is 94.9 Å². The van der Waals surface area contributed by atoms with Crippen molar-refractivity contribution in [3.05, 3.63) is 22.4 Å². The van der Waals surface area contributed by atoms with Crippen LogP contribution in [0.2, 0.25) is 0 Å². The van der Waals surface area contributed by atoms with E-state index in [2.05, 4.69) is 30.5 Å². The number of hydrogen-bond acceptors (Lipinski definition) is 3. The molecule has 2 N–H and O–H groups in total. The molecule has 1 aromatic rings. The summed E-state index contributed by atoms with van der Waals surface area (Å²) in [5.41, 5.74) is 0. The molecule has 1 atom stereocenters. The minimum absolute atomic E-state index is 0.0459. The Morgan fingerprint density at radius 1 is 1.53 bits per heavy atom. The highest BCUT2D eigenvalue weighted by Gasteiger charge is 2.18. The van der Waals surface area contributed by atoms with Crippen LogP contribution in [0.15, 0.2) is 17.5 Å². The minimum atomic E-state index is 0.0459. The number of amides is 1. The molecule has 0 aliphatic heterocycles. The summed E-state index contributed by atoms with van der Waals surface area (Å²) in [5.74, 6) is 0.453. The van der Waals surface area contributed by atoms with Crippen molar-refractivity contribution in [1.29, 1.82) is 0 Å². The van der Waals surface area contributed by atoms with Gasteiger partial charge in [0.1, 0.15) is 0 Å². The number of hydrogen-bond donors (Lipinski definition) is 2. The zero-order valence-electron chi connectivity index (χ0n) is 9.41. The Kier molecular flexibility index (Phi) is 4.78. The zero-order chi connectivity index (χ0) is 11.3. The lowest BCUT2D eigenvalue weighted by Gasteiger charge is -2.21. The molecule has 0 bridgehead atoms. The van der Waals surface area contributed by atoms with Crippen molar-refractivity contribution in [2.75, 3.05) is 13.6 Å². The molecule has 1 aromatic heterocycles. The van der Waals surface area contributed by atoms with Gasteiger partial charge in [-0.1, -0.05) is 19.9 Å². The van der Waals surface area contributed by atoms with Gasteiger partial charge in [0.15, 0.2) is 0 Å². The maximum absolute atomic E-state index is 11.5. The molecule has 0 saturated carbocycles. The fourth-order valence-electron chi connectivity index (χ4n) is 1.42. The molecule has 3 nitrogen and oxygen atoms in total. The first-order valence-electron chi connectivity index (χ1n) is 5.12. The van der Waals surface area contributed by atoms with Crippen LogP contribution >= 0.6 is 11.3 Å². The van der Waals surface area contributed by atoms with Gasteiger partial charge in [-0.15, -0.1) is 11.3 Å². The first-order chi connectivity index (χ1) is 7.15. The zero-order valence-corrected chi connectivity index (χ0v) is 10.2. The molecule has 4 heteroatoms. The van der Waals surface area contributed by atoms with E-state index in [1.54, 1.807) is 18.4 Å². The average Bonchev–Trinajstić information content (AvgIpc) is 2.66. The second kappa shape index (κ2) is 5.88. The molecule has 0 fully saturated rings. The number of thiophene rings is 1. The summed E-state index contributed by atoms with van der Waals surface area (Å²) in [6.45, 7) is 4.60. The molecule has 0 spiro atoms. The molecule has 0 radical (unpaired) electrons. The number of carbonyl (C=O) groups excluding carboxylic acids is 1. The van der Waals surface area contributed by atoms with Gasteiger partial charge in [-0.05, 0) is 24.4 Å². The van der Waals surface area contributed by atoms with Gasteiger partial charge in [-0.2, -0.15) is 0 Å². The lowest BCUT2D eigenvalue weighted by molar-refractivity contribution is -0.121. The Morgan fingerprint density at radius 3 is 2.73 bits per heavy atom. The number of rotatable bonds is 5. The van der Waals surface area contributed by atoms with Crippen molar-refractivity contribution in [1.82, 2.24) is 10.6 Å². The first-order valence-corrected chi connectivity index (χ1v) is 6.00. The first kappa shape index (κ1) is 12.2. The van der Waals surface area contributed by atoms with E-state index in [0.29, 0.717) is 12.5 Å². The van der Waals surface area contributed by atoms with Crippen molar-refractivity contribution >= 4 is 17.2 Å². The normalized spacial score (nSPS) is 12.8. The van der Waals surface area contributed by atoms with E-state index in [-0.39, 0.29) is 11.9 Å².